The average Bonchev–Trinajstić information content (AvgIpc) is 2.86. The molecule has 4 amide bonds. The van der Waals surface area contributed by atoms with Gasteiger partial charge in [-0.25, -0.2) is 4.79 Å². The van der Waals surface area contributed by atoms with Crippen molar-refractivity contribution in [1.82, 2.24) is 15.1 Å². The molecule has 1 aromatic carbocycles. The van der Waals surface area contributed by atoms with E-state index in [4.69, 9.17) is 0 Å². The van der Waals surface area contributed by atoms with Crippen LogP contribution in [-0.4, -0.2) is 46.8 Å². The van der Waals surface area contributed by atoms with Crippen LogP contribution in [0.3, 0.4) is 0 Å². The first-order chi connectivity index (χ1) is 12.7. The maximum absolute atomic E-state index is 13.0. The van der Waals surface area contributed by atoms with Gasteiger partial charge in [-0.15, -0.1) is 0 Å². The van der Waals surface area contributed by atoms with Crippen molar-refractivity contribution in [2.75, 3.05) is 13.1 Å². The highest BCUT2D eigenvalue weighted by Crippen LogP contribution is 2.30. The van der Waals surface area contributed by atoms with Crippen molar-refractivity contribution in [2.24, 2.45) is 0 Å². The fourth-order valence-corrected chi connectivity index (χ4v) is 3.93. The quantitative estimate of drug-likeness (QED) is 0.827. The van der Waals surface area contributed by atoms with Gasteiger partial charge < -0.3 is 10.2 Å². The minimum Gasteiger partial charge on any atom is -0.338 e. The van der Waals surface area contributed by atoms with Gasteiger partial charge in [0.25, 0.3) is 5.91 Å². The fourth-order valence-electron chi connectivity index (χ4n) is 3.93. The molecule has 2 saturated heterocycles. The number of nitrogens with zero attached hydrogens (tertiary/aromatic N) is 2. The van der Waals surface area contributed by atoms with Crippen molar-refractivity contribution in [2.45, 2.75) is 64.5 Å². The second-order valence-corrected chi connectivity index (χ2v) is 8.16. The molecule has 0 aliphatic carbocycles. The lowest BCUT2D eigenvalue weighted by Gasteiger charge is -2.34. The van der Waals surface area contributed by atoms with Gasteiger partial charge in [0.1, 0.15) is 12.1 Å². The van der Waals surface area contributed by atoms with E-state index in [1.165, 1.54) is 5.56 Å². The van der Waals surface area contributed by atoms with Crippen LogP contribution in [0.15, 0.2) is 24.3 Å². The largest absolute Gasteiger partial charge is 0.338 e. The Morgan fingerprint density at radius 2 is 1.89 bits per heavy atom. The molecule has 0 aromatic heterocycles. The first kappa shape index (κ1) is 19.4. The molecule has 0 radical (unpaired) electrons. The van der Waals surface area contributed by atoms with E-state index in [1.54, 1.807) is 11.8 Å². The first-order valence-electron chi connectivity index (χ1n) is 9.78. The molecular formula is C21H29N3O3. The second-order valence-electron chi connectivity index (χ2n) is 8.16. The number of nitrogens with one attached hydrogen (secondary N) is 1. The number of likely N-dealkylation sites (tertiary alicyclic amines) is 1. The van der Waals surface area contributed by atoms with Crippen molar-refractivity contribution in [3.05, 3.63) is 35.4 Å². The standard InChI is InChI=1S/C21H29N3O3/c1-14(2)16-8-10-17(11-9-16)21(4)19(26)24(20(27)22-21)13-18(25)23-12-6-5-7-15(23)3/h8-11,14-15H,5-7,12-13H2,1-4H3,(H,22,27)/t15-,21-/m1/s1. The molecule has 2 atom stereocenters. The van der Waals surface area contributed by atoms with Gasteiger partial charge in [0.05, 0.1) is 0 Å². The number of carbonyl (C=O) groups excluding carboxylic acids is 3. The molecule has 27 heavy (non-hydrogen) atoms. The van der Waals surface area contributed by atoms with Gasteiger partial charge in [-0.05, 0) is 50.2 Å². The monoisotopic (exact) mass is 371 g/mol. The van der Waals surface area contributed by atoms with E-state index in [0.29, 0.717) is 12.5 Å². The summed E-state index contributed by atoms with van der Waals surface area (Å²) in [5.41, 5.74) is 0.761. The molecule has 2 aliphatic heterocycles. The number of hydrogen-bond donors (Lipinski definition) is 1. The fraction of sp³-hybridized carbons (Fsp3) is 0.571. The van der Waals surface area contributed by atoms with Gasteiger partial charge in [0.15, 0.2) is 0 Å². The topological polar surface area (TPSA) is 69.7 Å². The number of piperidine rings is 1. The number of urea groups is 1. The summed E-state index contributed by atoms with van der Waals surface area (Å²) in [6.07, 6.45) is 3.04. The van der Waals surface area contributed by atoms with Crippen LogP contribution in [-0.2, 0) is 15.1 Å². The Labute approximate surface area is 160 Å². The van der Waals surface area contributed by atoms with Crippen molar-refractivity contribution in [1.29, 1.82) is 0 Å². The number of amides is 4. The zero-order valence-corrected chi connectivity index (χ0v) is 16.6. The van der Waals surface area contributed by atoms with E-state index in [2.05, 4.69) is 19.2 Å². The van der Waals surface area contributed by atoms with Crippen LogP contribution in [0.5, 0.6) is 0 Å². The summed E-state index contributed by atoms with van der Waals surface area (Å²) in [5.74, 6) is -0.144. The van der Waals surface area contributed by atoms with E-state index < -0.39 is 11.6 Å². The van der Waals surface area contributed by atoms with E-state index in [1.807, 2.05) is 31.2 Å². The Kier molecular flexibility index (Phi) is 5.27. The summed E-state index contributed by atoms with van der Waals surface area (Å²) in [5, 5.41) is 2.78. The summed E-state index contributed by atoms with van der Waals surface area (Å²) in [6, 6.07) is 7.37. The predicted octanol–water partition coefficient (Wildman–Crippen LogP) is 2.98. The smallest absolute Gasteiger partial charge is 0.325 e. The van der Waals surface area contributed by atoms with Crippen molar-refractivity contribution in [3.8, 4) is 0 Å². The van der Waals surface area contributed by atoms with Crippen LogP contribution < -0.4 is 5.32 Å². The van der Waals surface area contributed by atoms with Gasteiger partial charge >= 0.3 is 6.03 Å². The van der Waals surface area contributed by atoms with Gasteiger partial charge in [-0.2, -0.15) is 0 Å². The summed E-state index contributed by atoms with van der Waals surface area (Å²) < 4.78 is 0. The van der Waals surface area contributed by atoms with Crippen molar-refractivity contribution >= 4 is 17.8 Å². The molecular weight excluding hydrogens is 342 g/mol. The molecule has 2 fully saturated rings. The zero-order chi connectivity index (χ0) is 19.8. The van der Waals surface area contributed by atoms with Crippen LogP contribution in [0.2, 0.25) is 0 Å². The molecule has 0 unspecified atom stereocenters. The molecule has 2 heterocycles. The van der Waals surface area contributed by atoms with Crippen LogP contribution in [0, 0.1) is 0 Å². The summed E-state index contributed by atoms with van der Waals surface area (Å²) in [6.45, 7) is 8.42. The Morgan fingerprint density at radius 3 is 2.48 bits per heavy atom. The van der Waals surface area contributed by atoms with Gasteiger partial charge in [0.2, 0.25) is 5.91 Å². The summed E-state index contributed by atoms with van der Waals surface area (Å²) in [4.78, 5) is 41.0. The number of rotatable bonds is 4. The molecule has 1 N–H and O–H groups in total. The SMILES string of the molecule is CC(C)c1ccc([C@@]2(C)NC(=O)N(CC(=O)N3CCCC[C@H]3C)C2=O)cc1. The number of carbonyl (C=O) groups is 3. The third-order valence-electron chi connectivity index (χ3n) is 5.85. The first-order valence-corrected chi connectivity index (χ1v) is 9.78. The molecule has 3 rings (SSSR count). The van der Waals surface area contributed by atoms with Gasteiger partial charge in [0, 0.05) is 12.6 Å². The van der Waals surface area contributed by atoms with Crippen LogP contribution in [0.4, 0.5) is 4.79 Å². The third-order valence-corrected chi connectivity index (χ3v) is 5.85. The Bertz CT molecular complexity index is 744. The highest BCUT2D eigenvalue weighted by atomic mass is 16.2. The Hall–Kier alpha value is -2.37. The maximum atomic E-state index is 13.0. The minimum absolute atomic E-state index is 0.155. The number of benzene rings is 1. The highest BCUT2D eigenvalue weighted by molar-refractivity contribution is 6.09. The zero-order valence-electron chi connectivity index (χ0n) is 16.6. The molecule has 0 saturated carbocycles. The van der Waals surface area contributed by atoms with Crippen LogP contribution >= 0.6 is 0 Å². The van der Waals surface area contributed by atoms with E-state index in [9.17, 15) is 14.4 Å². The summed E-state index contributed by atoms with van der Waals surface area (Å²) >= 11 is 0. The lowest BCUT2D eigenvalue weighted by atomic mass is 9.90. The molecule has 1 aromatic rings. The van der Waals surface area contributed by atoms with Gasteiger partial charge in [-0.3, -0.25) is 14.5 Å². The molecule has 6 nitrogen and oxygen atoms in total. The van der Waals surface area contributed by atoms with Crippen LogP contribution in [0.1, 0.15) is 64.0 Å². The molecule has 0 bridgehead atoms. The summed E-state index contributed by atoms with van der Waals surface area (Å²) in [7, 11) is 0. The highest BCUT2D eigenvalue weighted by Gasteiger charge is 2.49. The second kappa shape index (κ2) is 7.33. The van der Waals surface area contributed by atoms with Gasteiger partial charge in [-0.1, -0.05) is 38.1 Å². The molecule has 0 spiro atoms. The normalized spacial score (nSPS) is 25.9. The Balaban J connectivity index is 1.76. The van der Waals surface area contributed by atoms with Crippen LogP contribution in [0.25, 0.3) is 0 Å². The predicted molar refractivity (Wildman–Crippen MR) is 103 cm³/mol. The van der Waals surface area contributed by atoms with E-state index in [0.717, 1.165) is 29.7 Å². The van der Waals surface area contributed by atoms with Crippen molar-refractivity contribution < 1.29 is 14.4 Å². The average molecular weight is 371 g/mol. The van der Waals surface area contributed by atoms with Crippen molar-refractivity contribution in [3.63, 3.8) is 0 Å². The Morgan fingerprint density at radius 1 is 1.22 bits per heavy atom. The lowest BCUT2D eigenvalue weighted by Crippen LogP contribution is -2.48. The van der Waals surface area contributed by atoms with E-state index in [-0.39, 0.29) is 24.4 Å². The third kappa shape index (κ3) is 3.57. The number of imide groups is 1. The number of hydrogen-bond acceptors (Lipinski definition) is 3. The molecule has 2 aliphatic rings. The molecule has 146 valence electrons. The van der Waals surface area contributed by atoms with E-state index >= 15 is 0 Å². The molecule has 6 heteroatoms. The minimum atomic E-state index is -1.14. The lowest BCUT2D eigenvalue weighted by molar-refractivity contribution is -0.140. The maximum Gasteiger partial charge on any atom is 0.325 e.